The van der Waals surface area contributed by atoms with Crippen LogP contribution in [0.2, 0.25) is 0 Å². The van der Waals surface area contributed by atoms with Crippen LogP contribution in [0.25, 0.3) is 0 Å². The second-order valence-electron chi connectivity index (χ2n) is 2.72. The highest BCUT2D eigenvalue weighted by Crippen LogP contribution is 2.37. The maximum atomic E-state index is 5.58. The van der Waals surface area contributed by atoms with Crippen LogP contribution in [0, 0.1) is 0 Å². The molecule has 10 heavy (non-hydrogen) atoms. The van der Waals surface area contributed by atoms with Crippen LogP contribution in [-0.2, 0) is 9.47 Å². The first-order valence-corrected chi connectivity index (χ1v) is 4.45. The van der Waals surface area contributed by atoms with Crippen LogP contribution in [0.15, 0.2) is 11.2 Å². The van der Waals surface area contributed by atoms with E-state index in [0.717, 1.165) is 18.1 Å². The molecule has 0 saturated carbocycles. The molecule has 1 atom stereocenters. The van der Waals surface area contributed by atoms with Crippen molar-refractivity contribution in [3.8, 4) is 0 Å². The van der Waals surface area contributed by atoms with Crippen LogP contribution in [0.3, 0.4) is 0 Å². The summed E-state index contributed by atoms with van der Waals surface area (Å²) in [4.78, 5) is 0. The smallest absolute Gasteiger partial charge is 0.135 e. The van der Waals surface area contributed by atoms with Crippen LogP contribution in [0.1, 0.15) is 6.92 Å². The Labute approximate surface area is 64.6 Å². The van der Waals surface area contributed by atoms with Crippen LogP contribution >= 0.6 is 11.8 Å². The van der Waals surface area contributed by atoms with E-state index in [2.05, 4.69) is 12.3 Å². The zero-order valence-electron chi connectivity index (χ0n) is 5.92. The van der Waals surface area contributed by atoms with Gasteiger partial charge < -0.3 is 9.47 Å². The molecule has 56 valence electrons. The van der Waals surface area contributed by atoms with Crippen LogP contribution in [0.4, 0.5) is 0 Å². The minimum atomic E-state index is -0.108. The van der Waals surface area contributed by atoms with E-state index >= 15 is 0 Å². The number of thioether (sulfide) groups is 1. The molecule has 0 amide bonds. The molecule has 0 N–H and O–H groups in total. The second kappa shape index (κ2) is 2.17. The number of ether oxygens (including phenoxy) is 2. The summed E-state index contributed by atoms with van der Waals surface area (Å²) in [7, 11) is 0. The SMILES string of the molecule is CC12CSC=C1OCCO2. The van der Waals surface area contributed by atoms with Gasteiger partial charge in [-0.05, 0) is 6.92 Å². The van der Waals surface area contributed by atoms with Gasteiger partial charge in [-0.15, -0.1) is 11.8 Å². The number of hydrogen-bond donors (Lipinski definition) is 0. The number of fused-ring (bicyclic) bond motifs is 1. The Kier molecular flexibility index (Phi) is 1.42. The largest absolute Gasteiger partial charge is 0.492 e. The van der Waals surface area contributed by atoms with Gasteiger partial charge in [0.25, 0.3) is 0 Å². The first kappa shape index (κ1) is 6.55. The Morgan fingerprint density at radius 2 is 2.50 bits per heavy atom. The molecular weight excluding hydrogens is 148 g/mol. The fraction of sp³-hybridized carbons (Fsp3) is 0.714. The van der Waals surface area contributed by atoms with Gasteiger partial charge in [-0.3, -0.25) is 0 Å². The molecule has 0 aromatic heterocycles. The van der Waals surface area contributed by atoms with Crippen molar-refractivity contribution in [2.24, 2.45) is 0 Å². The molecule has 2 aliphatic heterocycles. The summed E-state index contributed by atoms with van der Waals surface area (Å²) in [6.07, 6.45) is 0. The monoisotopic (exact) mass is 158 g/mol. The third-order valence-corrected chi connectivity index (χ3v) is 2.93. The molecule has 0 aliphatic carbocycles. The van der Waals surface area contributed by atoms with Gasteiger partial charge in [0.05, 0.1) is 6.61 Å². The van der Waals surface area contributed by atoms with Gasteiger partial charge in [0, 0.05) is 11.2 Å². The lowest BCUT2D eigenvalue weighted by Gasteiger charge is -2.31. The Bertz CT molecular complexity index is 178. The molecule has 1 unspecified atom stereocenters. The average Bonchev–Trinajstić information content (AvgIpc) is 2.29. The van der Waals surface area contributed by atoms with Gasteiger partial charge in [0.15, 0.2) is 0 Å². The molecule has 1 saturated heterocycles. The normalized spacial score (nSPS) is 38.3. The van der Waals surface area contributed by atoms with Gasteiger partial charge in [-0.1, -0.05) is 0 Å². The predicted octanol–water partition coefficient (Wildman–Crippen LogP) is 1.38. The standard InChI is InChI=1S/C7H10O2S/c1-7-5-10-4-6(7)8-2-3-9-7/h4H,2-3,5H2,1H3. The van der Waals surface area contributed by atoms with Gasteiger partial charge in [-0.25, -0.2) is 0 Å². The van der Waals surface area contributed by atoms with E-state index in [1.165, 1.54) is 0 Å². The molecule has 0 aromatic rings. The molecule has 2 rings (SSSR count). The number of hydrogen-bond acceptors (Lipinski definition) is 3. The first-order valence-electron chi connectivity index (χ1n) is 3.40. The molecule has 0 spiro atoms. The summed E-state index contributed by atoms with van der Waals surface area (Å²) in [5.74, 6) is 2.02. The lowest BCUT2D eigenvalue weighted by atomic mass is 10.1. The maximum Gasteiger partial charge on any atom is 0.135 e. The topological polar surface area (TPSA) is 18.5 Å². The third kappa shape index (κ3) is 0.847. The molecule has 2 nitrogen and oxygen atoms in total. The minimum Gasteiger partial charge on any atom is -0.492 e. The summed E-state index contributed by atoms with van der Waals surface area (Å²) in [6, 6.07) is 0. The molecule has 2 aliphatic rings. The Morgan fingerprint density at radius 1 is 1.60 bits per heavy atom. The summed E-state index contributed by atoms with van der Waals surface area (Å²) in [5, 5.41) is 2.05. The van der Waals surface area contributed by atoms with Crippen molar-refractivity contribution >= 4 is 11.8 Å². The van der Waals surface area contributed by atoms with Crippen molar-refractivity contribution in [1.82, 2.24) is 0 Å². The van der Waals surface area contributed by atoms with Crippen LogP contribution < -0.4 is 0 Å². The molecule has 0 bridgehead atoms. The summed E-state index contributed by atoms with van der Waals surface area (Å²) in [6.45, 7) is 3.52. The van der Waals surface area contributed by atoms with Crippen molar-refractivity contribution in [3.63, 3.8) is 0 Å². The molecule has 1 fully saturated rings. The van der Waals surface area contributed by atoms with Crippen LogP contribution in [0.5, 0.6) is 0 Å². The van der Waals surface area contributed by atoms with E-state index in [1.807, 2.05) is 0 Å². The second-order valence-corrected chi connectivity index (χ2v) is 3.58. The minimum absolute atomic E-state index is 0.108. The molecule has 2 heterocycles. The zero-order valence-corrected chi connectivity index (χ0v) is 6.74. The van der Waals surface area contributed by atoms with E-state index < -0.39 is 0 Å². The van der Waals surface area contributed by atoms with Crippen LogP contribution in [-0.4, -0.2) is 24.6 Å². The van der Waals surface area contributed by atoms with Gasteiger partial charge in [-0.2, -0.15) is 0 Å². The molecule has 0 radical (unpaired) electrons. The van der Waals surface area contributed by atoms with Gasteiger partial charge in [0.1, 0.15) is 18.0 Å². The van der Waals surface area contributed by atoms with Crippen molar-refractivity contribution < 1.29 is 9.47 Å². The fourth-order valence-corrected chi connectivity index (χ4v) is 2.29. The predicted molar refractivity (Wildman–Crippen MR) is 40.9 cm³/mol. The van der Waals surface area contributed by atoms with E-state index in [9.17, 15) is 0 Å². The maximum absolute atomic E-state index is 5.58. The van der Waals surface area contributed by atoms with Crippen molar-refractivity contribution in [2.45, 2.75) is 12.5 Å². The lowest BCUT2D eigenvalue weighted by Crippen LogP contribution is -2.38. The number of rotatable bonds is 0. The highest BCUT2D eigenvalue weighted by atomic mass is 32.2. The molecule has 0 aromatic carbocycles. The zero-order chi connectivity index (χ0) is 7.03. The first-order chi connectivity index (χ1) is 4.81. The van der Waals surface area contributed by atoms with E-state index in [0.29, 0.717) is 6.61 Å². The Morgan fingerprint density at radius 3 is 3.30 bits per heavy atom. The van der Waals surface area contributed by atoms with E-state index in [1.54, 1.807) is 11.8 Å². The summed E-state index contributed by atoms with van der Waals surface area (Å²) < 4.78 is 11.0. The Hall–Kier alpha value is -0.150. The van der Waals surface area contributed by atoms with Gasteiger partial charge in [0.2, 0.25) is 0 Å². The highest BCUT2D eigenvalue weighted by molar-refractivity contribution is 8.02. The van der Waals surface area contributed by atoms with E-state index in [4.69, 9.17) is 9.47 Å². The quantitative estimate of drug-likeness (QED) is 0.530. The van der Waals surface area contributed by atoms with Crippen molar-refractivity contribution in [2.75, 3.05) is 19.0 Å². The van der Waals surface area contributed by atoms with E-state index in [-0.39, 0.29) is 5.60 Å². The highest BCUT2D eigenvalue weighted by Gasteiger charge is 2.38. The molecular formula is C7H10O2S. The summed E-state index contributed by atoms with van der Waals surface area (Å²) >= 11 is 1.77. The Balaban J connectivity index is 2.22. The van der Waals surface area contributed by atoms with Crippen molar-refractivity contribution in [3.05, 3.63) is 11.2 Å². The molecule has 3 heteroatoms. The van der Waals surface area contributed by atoms with Crippen molar-refractivity contribution in [1.29, 1.82) is 0 Å². The third-order valence-electron chi connectivity index (χ3n) is 1.83. The fourth-order valence-electron chi connectivity index (χ4n) is 1.19. The summed E-state index contributed by atoms with van der Waals surface area (Å²) in [5.41, 5.74) is -0.108. The average molecular weight is 158 g/mol. The van der Waals surface area contributed by atoms with Gasteiger partial charge >= 0.3 is 0 Å². The lowest BCUT2D eigenvalue weighted by molar-refractivity contribution is -0.0871.